The van der Waals surface area contributed by atoms with Gasteiger partial charge in [0.2, 0.25) is 0 Å². The van der Waals surface area contributed by atoms with Crippen LogP contribution in [0.3, 0.4) is 0 Å². The van der Waals surface area contributed by atoms with Crippen molar-refractivity contribution < 1.29 is 29.0 Å². The molecule has 7 atom stereocenters. The van der Waals surface area contributed by atoms with Crippen molar-refractivity contribution in [2.75, 3.05) is 6.61 Å². The molecule has 1 N–H and O–H groups in total. The number of carboxylic acid groups (broad SMARTS) is 1. The SMILES string of the molecule is CC(C)CCCCC1CCC2C1(C)CCC1C3(C)CCC(OC(=O)COC(=O)CC(=O)O)CC3=CCC12C. The second kappa shape index (κ2) is 11.3. The number of allylic oxidation sites excluding steroid dienone is 1. The maximum Gasteiger partial charge on any atom is 0.344 e. The Hall–Kier alpha value is -1.85. The lowest BCUT2D eigenvalue weighted by molar-refractivity contribution is -0.166. The molecule has 0 aromatic rings. The summed E-state index contributed by atoms with van der Waals surface area (Å²) in [4.78, 5) is 34.3. The number of hydrogen-bond donors (Lipinski definition) is 1. The smallest absolute Gasteiger partial charge is 0.344 e. The van der Waals surface area contributed by atoms with Gasteiger partial charge in [0.25, 0.3) is 0 Å². The van der Waals surface area contributed by atoms with Gasteiger partial charge < -0.3 is 14.6 Å². The second-order valence-corrected chi connectivity index (χ2v) is 14.0. The van der Waals surface area contributed by atoms with E-state index in [1.807, 2.05) is 0 Å². The molecule has 0 amide bonds. The van der Waals surface area contributed by atoms with Gasteiger partial charge in [-0.1, -0.05) is 65.5 Å². The Balaban J connectivity index is 1.38. The van der Waals surface area contributed by atoms with Crippen molar-refractivity contribution in [2.24, 2.45) is 39.9 Å². The first-order chi connectivity index (χ1) is 17.9. The van der Waals surface area contributed by atoms with Gasteiger partial charge in [-0.3, -0.25) is 9.59 Å². The summed E-state index contributed by atoms with van der Waals surface area (Å²) in [6.07, 6.45) is 16.1. The van der Waals surface area contributed by atoms with Crippen molar-refractivity contribution >= 4 is 17.9 Å². The zero-order valence-corrected chi connectivity index (χ0v) is 24.4. The molecule has 4 rings (SSSR count). The largest absolute Gasteiger partial charge is 0.481 e. The molecule has 214 valence electrons. The van der Waals surface area contributed by atoms with E-state index in [4.69, 9.17) is 14.6 Å². The standard InChI is InChI=1S/C32H50O6/c1-21(2)8-6-7-9-22-10-11-25-30(22,3)17-14-26-31(4)16-13-24(18-23(31)12-15-32(25,26)5)38-29(36)20-37-28(35)19-27(33)34/h12,21-22,24-26H,6-11,13-20H2,1-5H3,(H,33,34). The minimum atomic E-state index is -1.27. The average molecular weight is 531 g/mol. The molecule has 6 nitrogen and oxygen atoms in total. The van der Waals surface area contributed by atoms with Crippen LogP contribution in [0.2, 0.25) is 0 Å². The summed E-state index contributed by atoms with van der Waals surface area (Å²) in [5, 5.41) is 8.66. The third-order valence-corrected chi connectivity index (χ3v) is 11.3. The van der Waals surface area contributed by atoms with E-state index in [2.05, 4.69) is 40.7 Å². The quantitative estimate of drug-likeness (QED) is 0.140. The maximum absolute atomic E-state index is 12.3. The highest BCUT2D eigenvalue weighted by Gasteiger charge is 2.63. The van der Waals surface area contributed by atoms with E-state index in [9.17, 15) is 14.4 Å². The molecule has 4 aliphatic rings. The maximum atomic E-state index is 12.3. The van der Waals surface area contributed by atoms with Crippen molar-refractivity contribution in [3.63, 3.8) is 0 Å². The fourth-order valence-electron chi connectivity index (χ4n) is 9.44. The van der Waals surface area contributed by atoms with E-state index >= 15 is 0 Å². The van der Waals surface area contributed by atoms with Crippen LogP contribution in [0.1, 0.15) is 118 Å². The zero-order chi connectivity index (χ0) is 27.7. The predicted octanol–water partition coefficient (Wildman–Crippen LogP) is 7.10. The van der Waals surface area contributed by atoms with Crippen LogP contribution in [0.4, 0.5) is 0 Å². The molecule has 4 aliphatic carbocycles. The Morgan fingerprint density at radius 1 is 0.974 bits per heavy atom. The first-order valence-electron chi connectivity index (χ1n) is 15.1. The van der Waals surface area contributed by atoms with Gasteiger partial charge in [0, 0.05) is 6.42 Å². The molecule has 0 saturated heterocycles. The van der Waals surface area contributed by atoms with Crippen LogP contribution >= 0.6 is 0 Å². The van der Waals surface area contributed by atoms with Gasteiger partial charge in [0.1, 0.15) is 12.5 Å². The minimum Gasteiger partial charge on any atom is -0.481 e. The number of esters is 2. The van der Waals surface area contributed by atoms with E-state index in [0.717, 1.165) is 43.4 Å². The van der Waals surface area contributed by atoms with Gasteiger partial charge in [-0.05, 0) is 91.3 Å². The topological polar surface area (TPSA) is 89.9 Å². The molecule has 0 radical (unpaired) electrons. The van der Waals surface area contributed by atoms with Crippen molar-refractivity contribution in [1.29, 1.82) is 0 Å². The Morgan fingerprint density at radius 2 is 1.74 bits per heavy atom. The number of unbranched alkanes of at least 4 members (excludes halogenated alkanes) is 1. The normalized spacial score (nSPS) is 38.0. The van der Waals surface area contributed by atoms with E-state index in [-0.39, 0.29) is 11.5 Å². The van der Waals surface area contributed by atoms with Gasteiger partial charge in [0.05, 0.1) is 0 Å². The highest BCUT2D eigenvalue weighted by Crippen LogP contribution is 2.71. The molecule has 38 heavy (non-hydrogen) atoms. The van der Waals surface area contributed by atoms with Crippen LogP contribution in [0, 0.1) is 39.9 Å². The van der Waals surface area contributed by atoms with E-state index in [1.165, 1.54) is 56.9 Å². The second-order valence-electron chi connectivity index (χ2n) is 14.0. The van der Waals surface area contributed by atoms with Crippen LogP contribution in [0.15, 0.2) is 11.6 Å². The Kier molecular flexibility index (Phi) is 8.69. The lowest BCUT2D eigenvalue weighted by atomic mass is 9.41. The molecule has 6 heteroatoms. The van der Waals surface area contributed by atoms with Crippen molar-refractivity contribution in [2.45, 2.75) is 124 Å². The number of hydrogen-bond acceptors (Lipinski definition) is 5. The molecule has 7 unspecified atom stereocenters. The van der Waals surface area contributed by atoms with Crippen LogP contribution in [0.25, 0.3) is 0 Å². The highest BCUT2D eigenvalue weighted by atomic mass is 16.6. The van der Waals surface area contributed by atoms with Gasteiger partial charge in [0.15, 0.2) is 6.61 Å². The molecular weight excluding hydrogens is 480 g/mol. The third-order valence-electron chi connectivity index (χ3n) is 11.3. The summed E-state index contributed by atoms with van der Waals surface area (Å²) in [6, 6.07) is 0. The predicted molar refractivity (Wildman–Crippen MR) is 146 cm³/mol. The van der Waals surface area contributed by atoms with Gasteiger partial charge >= 0.3 is 17.9 Å². The minimum absolute atomic E-state index is 0.153. The summed E-state index contributed by atoms with van der Waals surface area (Å²) in [5.74, 6) is 0.335. The monoisotopic (exact) mass is 530 g/mol. The van der Waals surface area contributed by atoms with Crippen molar-refractivity contribution in [3.05, 3.63) is 11.6 Å². The van der Waals surface area contributed by atoms with E-state index < -0.39 is 30.9 Å². The zero-order valence-electron chi connectivity index (χ0n) is 24.4. The van der Waals surface area contributed by atoms with Crippen LogP contribution < -0.4 is 0 Å². The highest BCUT2D eigenvalue weighted by molar-refractivity contribution is 5.90. The van der Waals surface area contributed by atoms with Crippen molar-refractivity contribution in [3.8, 4) is 0 Å². The van der Waals surface area contributed by atoms with Crippen LogP contribution in [0.5, 0.6) is 0 Å². The molecule has 0 aromatic heterocycles. The lowest BCUT2D eigenvalue weighted by Crippen LogP contribution is -2.56. The first kappa shape index (κ1) is 29.1. The number of carboxylic acids is 1. The molecule has 3 fully saturated rings. The third kappa shape index (κ3) is 5.70. The lowest BCUT2D eigenvalue weighted by Gasteiger charge is -2.63. The Labute approximate surface area is 229 Å². The summed E-state index contributed by atoms with van der Waals surface area (Å²) >= 11 is 0. The Morgan fingerprint density at radius 3 is 2.45 bits per heavy atom. The molecule has 0 aromatic carbocycles. The summed E-state index contributed by atoms with van der Waals surface area (Å²) in [6.45, 7) is 11.8. The number of ether oxygens (including phenoxy) is 2. The summed E-state index contributed by atoms with van der Waals surface area (Å²) in [5.41, 5.74) is 2.40. The van der Waals surface area contributed by atoms with Gasteiger partial charge in [-0.25, -0.2) is 4.79 Å². The summed E-state index contributed by atoms with van der Waals surface area (Å²) in [7, 11) is 0. The van der Waals surface area contributed by atoms with E-state index in [1.54, 1.807) is 0 Å². The van der Waals surface area contributed by atoms with Crippen LogP contribution in [-0.2, 0) is 23.9 Å². The number of carbonyl (C=O) groups excluding carboxylic acids is 2. The summed E-state index contributed by atoms with van der Waals surface area (Å²) < 4.78 is 10.4. The van der Waals surface area contributed by atoms with Gasteiger partial charge in [-0.2, -0.15) is 0 Å². The molecule has 3 saturated carbocycles. The Bertz CT molecular complexity index is 938. The molecule has 0 aliphatic heterocycles. The van der Waals surface area contributed by atoms with Gasteiger partial charge in [-0.15, -0.1) is 0 Å². The molecular formula is C32H50O6. The molecule has 0 spiro atoms. The molecule has 0 bridgehead atoms. The number of carbonyl (C=O) groups is 3. The number of rotatable bonds is 10. The average Bonchev–Trinajstić information content (AvgIpc) is 3.17. The number of fused-ring (bicyclic) bond motifs is 5. The van der Waals surface area contributed by atoms with E-state index in [0.29, 0.717) is 16.7 Å². The van der Waals surface area contributed by atoms with Crippen LogP contribution in [-0.4, -0.2) is 35.7 Å². The fourth-order valence-corrected chi connectivity index (χ4v) is 9.44. The number of aliphatic carboxylic acids is 1. The fraction of sp³-hybridized carbons (Fsp3) is 0.844. The van der Waals surface area contributed by atoms with Crippen molar-refractivity contribution in [1.82, 2.24) is 0 Å². The molecule has 0 heterocycles. The first-order valence-corrected chi connectivity index (χ1v) is 15.1.